The summed E-state index contributed by atoms with van der Waals surface area (Å²) in [6.07, 6.45) is 2.22. The highest BCUT2D eigenvalue weighted by Gasteiger charge is 1.83. The molecule has 8 heavy (non-hydrogen) atoms. The number of hydrogen-bond donors (Lipinski definition) is 3. The standard InChI is InChI=1S/C5H12N2O/c6-3-1-5(7)2-4-8/h2,8H,1,3-4,6-7H2. The maximum atomic E-state index is 8.27. The molecule has 0 atom stereocenters. The van der Waals surface area contributed by atoms with Crippen LogP contribution in [0.1, 0.15) is 6.42 Å². The Morgan fingerprint density at radius 2 is 2.25 bits per heavy atom. The fourth-order valence-electron chi connectivity index (χ4n) is 0.386. The summed E-state index contributed by atoms with van der Waals surface area (Å²) in [6.45, 7) is 0.550. The number of rotatable bonds is 3. The van der Waals surface area contributed by atoms with E-state index in [4.69, 9.17) is 16.6 Å². The van der Waals surface area contributed by atoms with Gasteiger partial charge in [-0.15, -0.1) is 0 Å². The Morgan fingerprint density at radius 3 is 2.62 bits per heavy atom. The van der Waals surface area contributed by atoms with Crippen LogP contribution < -0.4 is 11.5 Å². The molecule has 0 fully saturated rings. The van der Waals surface area contributed by atoms with E-state index >= 15 is 0 Å². The van der Waals surface area contributed by atoms with Gasteiger partial charge in [-0.1, -0.05) is 0 Å². The van der Waals surface area contributed by atoms with Gasteiger partial charge in [0, 0.05) is 5.70 Å². The highest BCUT2D eigenvalue weighted by Crippen LogP contribution is 1.86. The lowest BCUT2D eigenvalue weighted by Gasteiger charge is -1.93. The van der Waals surface area contributed by atoms with Crippen molar-refractivity contribution in [2.45, 2.75) is 6.42 Å². The summed E-state index contributed by atoms with van der Waals surface area (Å²) < 4.78 is 0. The Kier molecular flexibility index (Phi) is 4.30. The molecule has 0 amide bonds. The van der Waals surface area contributed by atoms with Crippen LogP contribution in [0.5, 0.6) is 0 Å². The van der Waals surface area contributed by atoms with Crippen LogP contribution in [0.2, 0.25) is 0 Å². The summed E-state index contributed by atoms with van der Waals surface area (Å²) in [5.74, 6) is 0. The Labute approximate surface area is 49.0 Å². The predicted octanol–water partition coefficient (Wildman–Crippen LogP) is -0.830. The molecule has 0 unspecified atom stereocenters. The molecule has 0 heterocycles. The van der Waals surface area contributed by atoms with E-state index in [2.05, 4.69) is 0 Å². The SMILES string of the molecule is NCCC(N)=CCO. The molecule has 0 rings (SSSR count). The van der Waals surface area contributed by atoms with Crippen molar-refractivity contribution in [3.63, 3.8) is 0 Å². The third-order valence-electron chi connectivity index (χ3n) is 0.786. The van der Waals surface area contributed by atoms with Crippen LogP contribution in [-0.4, -0.2) is 18.3 Å². The summed E-state index contributed by atoms with van der Waals surface area (Å²) in [5, 5.41) is 8.27. The van der Waals surface area contributed by atoms with Crippen molar-refractivity contribution in [3.8, 4) is 0 Å². The zero-order valence-corrected chi connectivity index (χ0v) is 4.80. The molecular weight excluding hydrogens is 104 g/mol. The van der Waals surface area contributed by atoms with Gasteiger partial charge in [0.25, 0.3) is 0 Å². The van der Waals surface area contributed by atoms with Gasteiger partial charge in [0.15, 0.2) is 0 Å². The molecule has 0 saturated carbocycles. The van der Waals surface area contributed by atoms with Gasteiger partial charge >= 0.3 is 0 Å². The van der Waals surface area contributed by atoms with Crippen LogP contribution in [0, 0.1) is 0 Å². The molecule has 0 aliphatic carbocycles. The third kappa shape index (κ3) is 3.64. The van der Waals surface area contributed by atoms with Gasteiger partial charge in [-0.2, -0.15) is 0 Å². The largest absolute Gasteiger partial charge is 0.402 e. The molecule has 0 spiro atoms. The quantitative estimate of drug-likeness (QED) is 0.450. The van der Waals surface area contributed by atoms with E-state index in [9.17, 15) is 0 Å². The monoisotopic (exact) mass is 116 g/mol. The summed E-state index contributed by atoms with van der Waals surface area (Å²) in [6, 6.07) is 0. The Bertz CT molecular complexity index is 80.5. The molecule has 0 aromatic carbocycles. The van der Waals surface area contributed by atoms with Crippen molar-refractivity contribution < 1.29 is 5.11 Å². The van der Waals surface area contributed by atoms with E-state index in [1.807, 2.05) is 0 Å². The highest BCUT2D eigenvalue weighted by molar-refractivity contribution is 4.95. The van der Waals surface area contributed by atoms with Gasteiger partial charge in [-0.3, -0.25) is 0 Å². The van der Waals surface area contributed by atoms with Crippen molar-refractivity contribution in [1.82, 2.24) is 0 Å². The minimum atomic E-state index is 0.00579. The molecular formula is C5H12N2O. The van der Waals surface area contributed by atoms with Crippen molar-refractivity contribution in [2.24, 2.45) is 11.5 Å². The second-order valence-corrected chi connectivity index (χ2v) is 1.50. The lowest BCUT2D eigenvalue weighted by atomic mass is 10.3. The second-order valence-electron chi connectivity index (χ2n) is 1.50. The first-order valence-electron chi connectivity index (χ1n) is 2.56. The van der Waals surface area contributed by atoms with E-state index < -0.39 is 0 Å². The van der Waals surface area contributed by atoms with Gasteiger partial charge in [0.1, 0.15) is 0 Å². The summed E-state index contributed by atoms with van der Waals surface area (Å²) in [5.41, 5.74) is 11.1. The number of aliphatic hydroxyl groups is 1. The summed E-state index contributed by atoms with van der Waals surface area (Å²) in [4.78, 5) is 0. The first-order chi connectivity index (χ1) is 3.81. The minimum absolute atomic E-state index is 0.00579. The van der Waals surface area contributed by atoms with E-state index in [0.717, 1.165) is 0 Å². The van der Waals surface area contributed by atoms with E-state index in [0.29, 0.717) is 18.7 Å². The maximum absolute atomic E-state index is 8.27. The normalized spacial score (nSPS) is 12.0. The number of nitrogens with two attached hydrogens (primary N) is 2. The lowest BCUT2D eigenvalue weighted by Crippen LogP contribution is -2.06. The molecule has 0 saturated heterocycles. The zero-order valence-electron chi connectivity index (χ0n) is 4.80. The number of hydrogen-bond acceptors (Lipinski definition) is 3. The van der Waals surface area contributed by atoms with Crippen LogP contribution in [0.15, 0.2) is 11.8 Å². The molecule has 0 aromatic heterocycles. The topological polar surface area (TPSA) is 72.3 Å². The molecule has 0 aromatic rings. The molecule has 0 radical (unpaired) electrons. The van der Waals surface area contributed by atoms with E-state index in [1.165, 1.54) is 0 Å². The van der Waals surface area contributed by atoms with Crippen LogP contribution in [0.3, 0.4) is 0 Å². The molecule has 5 N–H and O–H groups in total. The van der Waals surface area contributed by atoms with Crippen molar-refractivity contribution in [3.05, 3.63) is 11.8 Å². The fourth-order valence-corrected chi connectivity index (χ4v) is 0.386. The molecule has 0 bridgehead atoms. The first kappa shape index (κ1) is 7.46. The smallest absolute Gasteiger partial charge is 0.0631 e. The third-order valence-corrected chi connectivity index (χ3v) is 0.786. The average molecular weight is 116 g/mol. The average Bonchev–Trinajstić information content (AvgIpc) is 1.68. The predicted molar refractivity (Wildman–Crippen MR) is 33.0 cm³/mol. The molecule has 3 heteroatoms. The molecule has 3 nitrogen and oxygen atoms in total. The van der Waals surface area contributed by atoms with Gasteiger partial charge in [0.05, 0.1) is 6.61 Å². The van der Waals surface area contributed by atoms with Crippen molar-refractivity contribution in [1.29, 1.82) is 0 Å². The Hall–Kier alpha value is -0.540. The lowest BCUT2D eigenvalue weighted by molar-refractivity contribution is 0.341. The summed E-state index contributed by atoms with van der Waals surface area (Å²) >= 11 is 0. The summed E-state index contributed by atoms with van der Waals surface area (Å²) in [7, 11) is 0. The minimum Gasteiger partial charge on any atom is -0.402 e. The molecule has 0 aliphatic rings. The van der Waals surface area contributed by atoms with E-state index in [-0.39, 0.29) is 6.61 Å². The first-order valence-corrected chi connectivity index (χ1v) is 2.56. The van der Waals surface area contributed by atoms with Gasteiger partial charge in [-0.25, -0.2) is 0 Å². The maximum Gasteiger partial charge on any atom is 0.0631 e. The zero-order chi connectivity index (χ0) is 6.41. The number of aliphatic hydroxyl groups excluding tert-OH is 1. The molecule has 0 aliphatic heterocycles. The Balaban J connectivity index is 3.29. The fraction of sp³-hybridized carbons (Fsp3) is 0.600. The van der Waals surface area contributed by atoms with Crippen LogP contribution in [0.25, 0.3) is 0 Å². The van der Waals surface area contributed by atoms with Gasteiger partial charge in [-0.05, 0) is 19.0 Å². The van der Waals surface area contributed by atoms with Crippen LogP contribution in [-0.2, 0) is 0 Å². The highest BCUT2D eigenvalue weighted by atomic mass is 16.2. The van der Waals surface area contributed by atoms with E-state index in [1.54, 1.807) is 6.08 Å². The Morgan fingerprint density at radius 1 is 1.62 bits per heavy atom. The van der Waals surface area contributed by atoms with Crippen LogP contribution in [0.4, 0.5) is 0 Å². The van der Waals surface area contributed by atoms with Crippen molar-refractivity contribution >= 4 is 0 Å². The van der Waals surface area contributed by atoms with Crippen molar-refractivity contribution in [2.75, 3.05) is 13.2 Å². The second kappa shape index (κ2) is 4.61. The van der Waals surface area contributed by atoms with Crippen LogP contribution >= 0.6 is 0 Å². The molecule has 48 valence electrons. The van der Waals surface area contributed by atoms with Gasteiger partial charge in [0.2, 0.25) is 0 Å². The van der Waals surface area contributed by atoms with Gasteiger partial charge < -0.3 is 16.6 Å².